The number of hydrogen-bond donors (Lipinski definition) is 1. The highest BCUT2D eigenvalue weighted by atomic mass is 32.2. The van der Waals surface area contributed by atoms with E-state index in [-0.39, 0.29) is 10.8 Å². The zero-order chi connectivity index (χ0) is 22.9. The number of carbonyl (C=O) groups is 1. The molecule has 0 spiro atoms. The molecule has 2 aromatic heterocycles. The lowest BCUT2D eigenvalue weighted by atomic mass is 9.94. The third-order valence-corrected chi connectivity index (χ3v) is 7.37. The number of anilines is 1. The number of rotatable bonds is 5. The van der Waals surface area contributed by atoms with Gasteiger partial charge in [0.25, 0.3) is 5.91 Å². The Labute approximate surface area is 188 Å². The molecule has 0 bridgehead atoms. The van der Waals surface area contributed by atoms with E-state index < -0.39 is 10.0 Å². The molecule has 1 saturated heterocycles. The molecule has 1 N–H and O–H groups in total. The van der Waals surface area contributed by atoms with Crippen LogP contribution >= 0.6 is 0 Å². The van der Waals surface area contributed by atoms with Crippen molar-refractivity contribution in [1.82, 2.24) is 19.1 Å². The van der Waals surface area contributed by atoms with Crippen molar-refractivity contribution in [2.75, 3.05) is 18.4 Å². The number of nitrogens with zero attached hydrogens (tertiary/aromatic N) is 4. The maximum absolute atomic E-state index is 13.1. The van der Waals surface area contributed by atoms with Gasteiger partial charge in [-0.15, -0.1) is 0 Å². The van der Waals surface area contributed by atoms with E-state index in [1.807, 2.05) is 13.0 Å². The first-order chi connectivity index (χ1) is 15.2. The van der Waals surface area contributed by atoms with Crippen molar-refractivity contribution in [1.29, 1.82) is 0 Å². The minimum atomic E-state index is -3.59. The molecule has 9 heteroatoms. The van der Waals surface area contributed by atoms with Crippen LogP contribution in [0.15, 0.2) is 59.6 Å². The fraction of sp³-hybridized carbons (Fsp3) is 0.348. The summed E-state index contributed by atoms with van der Waals surface area (Å²) in [6.45, 7) is 7.01. The maximum Gasteiger partial charge on any atom is 0.256 e. The van der Waals surface area contributed by atoms with Crippen LogP contribution in [-0.2, 0) is 10.0 Å². The molecule has 1 amide bonds. The Hall–Kier alpha value is -3.04. The summed E-state index contributed by atoms with van der Waals surface area (Å²) in [7, 11) is -3.59. The van der Waals surface area contributed by atoms with Crippen LogP contribution in [-0.4, -0.2) is 46.5 Å². The van der Waals surface area contributed by atoms with Gasteiger partial charge in [-0.1, -0.05) is 19.9 Å². The first-order valence-corrected chi connectivity index (χ1v) is 12.1. The number of piperidine rings is 1. The molecule has 168 valence electrons. The summed E-state index contributed by atoms with van der Waals surface area (Å²) in [6.07, 6.45) is 2.68. The number of aryl methyl sites for hydroxylation is 1. The predicted molar refractivity (Wildman–Crippen MR) is 122 cm³/mol. The van der Waals surface area contributed by atoms with E-state index in [9.17, 15) is 13.2 Å². The normalized spacial score (nSPS) is 19.6. The molecule has 4 rings (SSSR count). The first kappa shape index (κ1) is 22.2. The van der Waals surface area contributed by atoms with Crippen molar-refractivity contribution in [3.05, 3.63) is 66.0 Å². The molecule has 0 radical (unpaired) electrons. The molecule has 1 aromatic carbocycles. The number of nitrogens with one attached hydrogen (secondary N) is 1. The molecule has 1 fully saturated rings. The Morgan fingerprint density at radius 1 is 1.06 bits per heavy atom. The van der Waals surface area contributed by atoms with Gasteiger partial charge in [0.15, 0.2) is 5.82 Å². The van der Waals surface area contributed by atoms with E-state index in [0.29, 0.717) is 42.1 Å². The first-order valence-electron chi connectivity index (χ1n) is 10.6. The second-order valence-corrected chi connectivity index (χ2v) is 10.5. The van der Waals surface area contributed by atoms with E-state index >= 15 is 0 Å². The topological polar surface area (TPSA) is 97.2 Å². The zero-order valence-corrected chi connectivity index (χ0v) is 19.2. The van der Waals surface area contributed by atoms with Gasteiger partial charge in [0.1, 0.15) is 5.82 Å². The summed E-state index contributed by atoms with van der Waals surface area (Å²) >= 11 is 0. The molecule has 2 unspecified atom stereocenters. The Morgan fingerprint density at radius 2 is 1.75 bits per heavy atom. The van der Waals surface area contributed by atoms with Gasteiger partial charge in [-0.05, 0) is 61.6 Å². The number of amides is 1. The number of carbonyl (C=O) groups excluding carboxylic acids is 1. The summed E-state index contributed by atoms with van der Waals surface area (Å²) < 4.78 is 29.2. The van der Waals surface area contributed by atoms with Gasteiger partial charge < -0.3 is 5.32 Å². The summed E-state index contributed by atoms with van der Waals surface area (Å²) in [5, 5.41) is 7.23. The second-order valence-electron chi connectivity index (χ2n) is 8.52. The maximum atomic E-state index is 13.1. The molecule has 1 aliphatic rings. The molecule has 3 aromatic rings. The van der Waals surface area contributed by atoms with Crippen LogP contribution in [0.1, 0.15) is 36.3 Å². The summed E-state index contributed by atoms with van der Waals surface area (Å²) in [5.41, 5.74) is 1.09. The molecular weight excluding hydrogens is 426 g/mol. The van der Waals surface area contributed by atoms with E-state index in [4.69, 9.17) is 0 Å². The van der Waals surface area contributed by atoms with Crippen molar-refractivity contribution < 1.29 is 13.2 Å². The fourth-order valence-corrected chi connectivity index (χ4v) is 5.84. The van der Waals surface area contributed by atoms with Gasteiger partial charge in [-0.25, -0.2) is 13.4 Å². The number of sulfonamides is 1. The van der Waals surface area contributed by atoms with Gasteiger partial charge in [0, 0.05) is 30.9 Å². The lowest BCUT2D eigenvalue weighted by Crippen LogP contribution is -2.42. The SMILES string of the molecule is Cc1cc(NC(=O)c2ccc(S(=O)(=O)N3CC(C)CC(C)C3)cc2)n(-c2ccccn2)n1. The van der Waals surface area contributed by atoms with Crippen molar-refractivity contribution in [2.24, 2.45) is 11.8 Å². The zero-order valence-electron chi connectivity index (χ0n) is 18.4. The predicted octanol–water partition coefficient (Wildman–Crippen LogP) is 3.49. The molecule has 0 saturated carbocycles. The summed E-state index contributed by atoms with van der Waals surface area (Å²) in [5.74, 6) is 1.37. The van der Waals surface area contributed by atoms with E-state index in [1.54, 1.807) is 33.4 Å². The number of aromatic nitrogens is 3. The Balaban J connectivity index is 1.52. The molecule has 32 heavy (non-hydrogen) atoms. The fourth-order valence-electron chi connectivity index (χ4n) is 4.16. The van der Waals surface area contributed by atoms with Crippen LogP contribution in [0.25, 0.3) is 5.82 Å². The van der Waals surface area contributed by atoms with Crippen molar-refractivity contribution in [3.8, 4) is 5.82 Å². The standard InChI is InChI=1S/C23H27N5O3S/c1-16-12-17(2)15-27(14-16)32(30,31)20-9-7-19(8-10-20)23(29)25-22-13-18(3)26-28(22)21-6-4-5-11-24-21/h4-11,13,16-17H,12,14-15H2,1-3H3,(H,25,29). The third kappa shape index (κ3) is 4.58. The van der Waals surface area contributed by atoms with Crippen molar-refractivity contribution in [3.63, 3.8) is 0 Å². The van der Waals surface area contributed by atoms with Gasteiger partial charge in [-0.2, -0.15) is 14.1 Å². The van der Waals surface area contributed by atoms with Crippen LogP contribution in [0, 0.1) is 18.8 Å². The minimum Gasteiger partial charge on any atom is -0.306 e. The van der Waals surface area contributed by atoms with Gasteiger partial charge >= 0.3 is 0 Å². The average molecular weight is 454 g/mol. The van der Waals surface area contributed by atoms with Crippen LogP contribution in [0.2, 0.25) is 0 Å². The number of hydrogen-bond acceptors (Lipinski definition) is 5. The number of benzene rings is 1. The summed E-state index contributed by atoms with van der Waals surface area (Å²) in [6, 6.07) is 13.3. The highest BCUT2D eigenvalue weighted by molar-refractivity contribution is 7.89. The molecule has 0 aliphatic carbocycles. The Morgan fingerprint density at radius 3 is 2.38 bits per heavy atom. The lowest BCUT2D eigenvalue weighted by Gasteiger charge is -2.34. The van der Waals surface area contributed by atoms with Gasteiger partial charge in [0.2, 0.25) is 10.0 Å². The lowest BCUT2D eigenvalue weighted by molar-refractivity contribution is 0.102. The summed E-state index contributed by atoms with van der Waals surface area (Å²) in [4.78, 5) is 17.3. The van der Waals surface area contributed by atoms with Crippen molar-refractivity contribution >= 4 is 21.7 Å². The van der Waals surface area contributed by atoms with Gasteiger partial charge in [-0.3, -0.25) is 4.79 Å². The molecule has 8 nitrogen and oxygen atoms in total. The van der Waals surface area contributed by atoms with Gasteiger partial charge in [0.05, 0.1) is 10.6 Å². The number of pyridine rings is 1. The van der Waals surface area contributed by atoms with Crippen LogP contribution in [0.3, 0.4) is 0 Å². The monoisotopic (exact) mass is 453 g/mol. The average Bonchev–Trinajstić information content (AvgIpc) is 3.13. The third-order valence-electron chi connectivity index (χ3n) is 5.53. The van der Waals surface area contributed by atoms with E-state index in [2.05, 4.69) is 29.2 Å². The van der Waals surface area contributed by atoms with E-state index in [1.165, 1.54) is 24.3 Å². The molecule has 3 heterocycles. The Kier molecular flexibility index (Phi) is 6.12. The highest BCUT2D eigenvalue weighted by Gasteiger charge is 2.31. The van der Waals surface area contributed by atoms with Crippen LogP contribution in [0.4, 0.5) is 5.82 Å². The van der Waals surface area contributed by atoms with Crippen molar-refractivity contribution in [2.45, 2.75) is 32.1 Å². The highest BCUT2D eigenvalue weighted by Crippen LogP contribution is 2.27. The smallest absolute Gasteiger partial charge is 0.256 e. The second kappa shape index (κ2) is 8.84. The molecular formula is C23H27N5O3S. The molecule has 1 aliphatic heterocycles. The minimum absolute atomic E-state index is 0.199. The largest absolute Gasteiger partial charge is 0.306 e. The van der Waals surface area contributed by atoms with E-state index in [0.717, 1.165) is 12.1 Å². The molecule has 2 atom stereocenters. The van der Waals surface area contributed by atoms with Crippen LogP contribution < -0.4 is 5.32 Å². The quantitative estimate of drug-likeness (QED) is 0.638. The van der Waals surface area contributed by atoms with Crippen LogP contribution in [0.5, 0.6) is 0 Å². The Bertz CT molecular complexity index is 1200.